The Labute approximate surface area is 89.6 Å². The van der Waals surface area contributed by atoms with Crippen molar-refractivity contribution in [1.82, 2.24) is 4.98 Å². The standard InChI is InChI=1S/C13H15NO/c1-8(2)12-11(15)7-10-6-4-5-9(3)13(10)14-12/h4-8,15H,1-3H3. The lowest BCUT2D eigenvalue weighted by Crippen LogP contribution is -1.95. The number of fused-ring (bicyclic) bond motifs is 1. The van der Waals surface area contributed by atoms with E-state index in [4.69, 9.17) is 0 Å². The second-order valence-corrected chi connectivity index (χ2v) is 4.19. The SMILES string of the molecule is Cc1cccc2cc(O)c(C(C)C)nc12. The largest absolute Gasteiger partial charge is 0.506 e. The number of hydrogen-bond acceptors (Lipinski definition) is 2. The molecule has 2 rings (SSSR count). The third kappa shape index (κ3) is 1.67. The number of rotatable bonds is 1. The summed E-state index contributed by atoms with van der Waals surface area (Å²) < 4.78 is 0. The topological polar surface area (TPSA) is 33.1 Å². The van der Waals surface area contributed by atoms with Crippen LogP contribution in [0, 0.1) is 6.92 Å². The van der Waals surface area contributed by atoms with Crippen LogP contribution in [0.5, 0.6) is 5.75 Å². The fourth-order valence-corrected chi connectivity index (χ4v) is 1.77. The third-order valence-corrected chi connectivity index (χ3v) is 2.60. The number of aromatic hydroxyl groups is 1. The van der Waals surface area contributed by atoms with Crippen LogP contribution >= 0.6 is 0 Å². The molecule has 0 radical (unpaired) electrons. The van der Waals surface area contributed by atoms with Gasteiger partial charge in [0.25, 0.3) is 0 Å². The van der Waals surface area contributed by atoms with Gasteiger partial charge in [-0.1, -0.05) is 32.0 Å². The molecule has 2 aromatic rings. The van der Waals surface area contributed by atoms with E-state index >= 15 is 0 Å². The first kappa shape index (κ1) is 9.97. The Balaban J connectivity index is 2.78. The summed E-state index contributed by atoms with van der Waals surface area (Å²) in [7, 11) is 0. The maximum absolute atomic E-state index is 9.81. The van der Waals surface area contributed by atoms with Crippen molar-refractivity contribution in [3.63, 3.8) is 0 Å². The van der Waals surface area contributed by atoms with Gasteiger partial charge in [0, 0.05) is 5.39 Å². The summed E-state index contributed by atoms with van der Waals surface area (Å²) in [6.45, 7) is 6.11. The number of pyridine rings is 1. The zero-order valence-electron chi connectivity index (χ0n) is 9.28. The van der Waals surface area contributed by atoms with Crippen molar-refractivity contribution in [1.29, 1.82) is 0 Å². The molecule has 0 saturated heterocycles. The van der Waals surface area contributed by atoms with Crippen LogP contribution in [0.2, 0.25) is 0 Å². The van der Waals surface area contributed by atoms with E-state index in [0.29, 0.717) is 5.75 Å². The van der Waals surface area contributed by atoms with Gasteiger partial charge in [-0.05, 0) is 24.5 Å². The zero-order valence-corrected chi connectivity index (χ0v) is 9.28. The molecular formula is C13H15NO. The first-order valence-electron chi connectivity index (χ1n) is 5.19. The Bertz CT molecular complexity index is 503. The predicted octanol–water partition coefficient (Wildman–Crippen LogP) is 3.37. The van der Waals surface area contributed by atoms with E-state index in [1.807, 2.05) is 39.0 Å². The predicted molar refractivity (Wildman–Crippen MR) is 62.2 cm³/mol. The van der Waals surface area contributed by atoms with E-state index in [1.54, 1.807) is 6.07 Å². The molecule has 0 saturated carbocycles. The number of benzene rings is 1. The molecule has 0 unspecified atom stereocenters. The lowest BCUT2D eigenvalue weighted by Gasteiger charge is -2.10. The Morgan fingerprint density at radius 1 is 1.27 bits per heavy atom. The Morgan fingerprint density at radius 3 is 2.67 bits per heavy atom. The summed E-state index contributed by atoms with van der Waals surface area (Å²) >= 11 is 0. The minimum absolute atomic E-state index is 0.244. The number of para-hydroxylation sites is 1. The highest BCUT2D eigenvalue weighted by atomic mass is 16.3. The molecule has 0 amide bonds. The van der Waals surface area contributed by atoms with Gasteiger partial charge in [0.2, 0.25) is 0 Å². The molecule has 0 fully saturated rings. The molecule has 15 heavy (non-hydrogen) atoms. The monoisotopic (exact) mass is 201 g/mol. The summed E-state index contributed by atoms with van der Waals surface area (Å²) in [5.41, 5.74) is 2.91. The molecule has 2 nitrogen and oxygen atoms in total. The second-order valence-electron chi connectivity index (χ2n) is 4.19. The maximum atomic E-state index is 9.81. The molecular weight excluding hydrogens is 186 g/mol. The van der Waals surface area contributed by atoms with Crippen LogP contribution in [0.3, 0.4) is 0 Å². The normalized spacial score (nSPS) is 11.2. The molecule has 1 heterocycles. The quantitative estimate of drug-likeness (QED) is 0.767. The minimum Gasteiger partial charge on any atom is -0.506 e. The summed E-state index contributed by atoms with van der Waals surface area (Å²) in [4.78, 5) is 4.52. The zero-order chi connectivity index (χ0) is 11.0. The maximum Gasteiger partial charge on any atom is 0.137 e. The Kier molecular flexibility index (Phi) is 2.35. The Hall–Kier alpha value is -1.57. The molecule has 0 spiro atoms. The smallest absolute Gasteiger partial charge is 0.137 e. The second kappa shape index (κ2) is 3.54. The van der Waals surface area contributed by atoms with E-state index in [1.165, 1.54) is 0 Å². The van der Waals surface area contributed by atoms with Crippen molar-refractivity contribution in [2.24, 2.45) is 0 Å². The molecule has 0 atom stereocenters. The molecule has 1 N–H and O–H groups in total. The average molecular weight is 201 g/mol. The highest BCUT2D eigenvalue weighted by Crippen LogP contribution is 2.28. The van der Waals surface area contributed by atoms with E-state index in [-0.39, 0.29) is 5.92 Å². The fraction of sp³-hybridized carbons (Fsp3) is 0.308. The van der Waals surface area contributed by atoms with Gasteiger partial charge >= 0.3 is 0 Å². The molecule has 78 valence electrons. The molecule has 2 heteroatoms. The number of aromatic nitrogens is 1. The van der Waals surface area contributed by atoms with Gasteiger partial charge in [0.15, 0.2) is 0 Å². The van der Waals surface area contributed by atoms with Crippen molar-refractivity contribution in [2.45, 2.75) is 26.7 Å². The first-order chi connectivity index (χ1) is 7.09. The van der Waals surface area contributed by atoms with Crippen molar-refractivity contribution in [3.8, 4) is 5.75 Å². The molecule has 0 aliphatic carbocycles. The molecule has 0 bridgehead atoms. The average Bonchev–Trinajstić information content (AvgIpc) is 2.16. The van der Waals surface area contributed by atoms with E-state index < -0.39 is 0 Å². The van der Waals surface area contributed by atoms with Crippen LogP contribution in [0.15, 0.2) is 24.3 Å². The van der Waals surface area contributed by atoms with Crippen molar-refractivity contribution < 1.29 is 5.11 Å². The first-order valence-corrected chi connectivity index (χ1v) is 5.19. The molecule has 1 aromatic heterocycles. The summed E-state index contributed by atoms with van der Waals surface area (Å²) in [6, 6.07) is 7.79. The Morgan fingerprint density at radius 2 is 2.00 bits per heavy atom. The molecule has 0 aliphatic heterocycles. The van der Waals surface area contributed by atoms with Crippen molar-refractivity contribution in [3.05, 3.63) is 35.5 Å². The lowest BCUT2D eigenvalue weighted by molar-refractivity contribution is 0.461. The summed E-state index contributed by atoms with van der Waals surface area (Å²) in [5.74, 6) is 0.539. The molecule has 0 aliphatic rings. The molecule has 1 aromatic carbocycles. The van der Waals surface area contributed by atoms with Crippen LogP contribution in [-0.4, -0.2) is 10.1 Å². The highest BCUT2D eigenvalue weighted by Gasteiger charge is 2.10. The van der Waals surface area contributed by atoms with E-state index in [9.17, 15) is 5.11 Å². The van der Waals surface area contributed by atoms with Crippen molar-refractivity contribution in [2.75, 3.05) is 0 Å². The number of hydrogen-bond donors (Lipinski definition) is 1. The van der Waals surface area contributed by atoms with Crippen LogP contribution in [0.4, 0.5) is 0 Å². The van der Waals surface area contributed by atoms with Gasteiger partial charge in [-0.3, -0.25) is 0 Å². The van der Waals surface area contributed by atoms with Crippen LogP contribution < -0.4 is 0 Å². The minimum atomic E-state index is 0.244. The van der Waals surface area contributed by atoms with Crippen LogP contribution in [0.1, 0.15) is 31.0 Å². The summed E-state index contributed by atoms with van der Waals surface area (Å²) in [5, 5.41) is 10.8. The fourth-order valence-electron chi connectivity index (χ4n) is 1.77. The van der Waals surface area contributed by atoms with Crippen LogP contribution in [-0.2, 0) is 0 Å². The van der Waals surface area contributed by atoms with Gasteiger partial charge in [0.05, 0.1) is 11.2 Å². The third-order valence-electron chi connectivity index (χ3n) is 2.60. The van der Waals surface area contributed by atoms with Crippen LogP contribution in [0.25, 0.3) is 10.9 Å². The van der Waals surface area contributed by atoms with E-state index in [2.05, 4.69) is 4.98 Å². The van der Waals surface area contributed by atoms with Gasteiger partial charge in [0.1, 0.15) is 5.75 Å². The number of aryl methyl sites for hydroxylation is 1. The van der Waals surface area contributed by atoms with Gasteiger partial charge in [-0.2, -0.15) is 0 Å². The van der Waals surface area contributed by atoms with Gasteiger partial charge in [-0.25, -0.2) is 4.98 Å². The van der Waals surface area contributed by atoms with Gasteiger partial charge in [-0.15, -0.1) is 0 Å². The summed E-state index contributed by atoms with van der Waals surface area (Å²) in [6.07, 6.45) is 0. The van der Waals surface area contributed by atoms with Crippen molar-refractivity contribution >= 4 is 10.9 Å². The number of nitrogens with zero attached hydrogens (tertiary/aromatic N) is 1. The van der Waals surface area contributed by atoms with Gasteiger partial charge < -0.3 is 5.11 Å². The van der Waals surface area contributed by atoms with E-state index in [0.717, 1.165) is 22.2 Å². The lowest BCUT2D eigenvalue weighted by atomic mass is 10.1. The highest BCUT2D eigenvalue weighted by molar-refractivity contribution is 5.83.